The summed E-state index contributed by atoms with van der Waals surface area (Å²) in [6.07, 6.45) is 1.60. The molecular formula is C16H17N5O3S. The van der Waals surface area contributed by atoms with Gasteiger partial charge in [-0.1, -0.05) is 0 Å². The molecule has 0 atom stereocenters. The Bertz CT molecular complexity index is 866. The van der Waals surface area contributed by atoms with Gasteiger partial charge in [0.1, 0.15) is 17.2 Å². The Morgan fingerprint density at radius 1 is 1.28 bits per heavy atom. The van der Waals surface area contributed by atoms with Crippen molar-refractivity contribution in [3.63, 3.8) is 0 Å². The third-order valence-electron chi connectivity index (χ3n) is 3.16. The molecule has 0 aromatic carbocycles. The first-order valence-corrected chi connectivity index (χ1v) is 8.37. The number of carbonyl (C=O) groups excluding carboxylic acids is 1. The molecule has 0 unspecified atom stereocenters. The monoisotopic (exact) mass is 359 g/mol. The molecule has 0 aliphatic rings. The summed E-state index contributed by atoms with van der Waals surface area (Å²) in [4.78, 5) is 19.5. The van der Waals surface area contributed by atoms with Gasteiger partial charge in [0, 0.05) is 12.3 Å². The highest BCUT2D eigenvalue weighted by Gasteiger charge is 2.10. The van der Waals surface area contributed by atoms with Gasteiger partial charge < -0.3 is 25.2 Å². The van der Waals surface area contributed by atoms with Crippen LogP contribution in [0.25, 0.3) is 11.5 Å². The van der Waals surface area contributed by atoms with E-state index in [-0.39, 0.29) is 11.9 Å². The van der Waals surface area contributed by atoms with Gasteiger partial charge in [0.2, 0.25) is 11.0 Å². The number of aromatic nitrogens is 1. The Hall–Kier alpha value is -3.07. The second-order valence-electron chi connectivity index (χ2n) is 5.12. The minimum absolute atomic E-state index is 0.110. The number of thiazole rings is 1. The predicted molar refractivity (Wildman–Crippen MR) is 94.2 cm³/mol. The van der Waals surface area contributed by atoms with E-state index in [1.807, 2.05) is 11.4 Å². The van der Waals surface area contributed by atoms with Crippen molar-refractivity contribution in [2.75, 3.05) is 0 Å². The van der Waals surface area contributed by atoms with Crippen molar-refractivity contribution in [2.45, 2.75) is 20.0 Å². The molecule has 0 bridgehead atoms. The van der Waals surface area contributed by atoms with Crippen molar-refractivity contribution < 1.29 is 13.6 Å². The normalized spacial score (nSPS) is 11.5. The van der Waals surface area contributed by atoms with Crippen molar-refractivity contribution in [3.05, 3.63) is 47.4 Å². The maximum atomic E-state index is 10.9. The van der Waals surface area contributed by atoms with Gasteiger partial charge in [0.05, 0.1) is 19.4 Å². The molecule has 1 amide bonds. The van der Waals surface area contributed by atoms with Crippen LogP contribution >= 0.6 is 11.3 Å². The van der Waals surface area contributed by atoms with Gasteiger partial charge in [-0.05, 0) is 24.3 Å². The number of rotatable bonds is 6. The number of furan rings is 2. The number of amides is 1. The van der Waals surface area contributed by atoms with Crippen LogP contribution in [0.15, 0.2) is 49.7 Å². The van der Waals surface area contributed by atoms with Gasteiger partial charge >= 0.3 is 0 Å². The molecule has 0 radical (unpaired) electrons. The largest absolute Gasteiger partial charge is 0.467 e. The fourth-order valence-electron chi connectivity index (χ4n) is 1.98. The van der Waals surface area contributed by atoms with Crippen LogP contribution < -0.4 is 16.4 Å². The SMILES string of the molecule is CC(=O)NCc1ccc(-c2csc(/N=C(\N)NCc3ccco3)n2)o1. The molecule has 0 saturated carbocycles. The fourth-order valence-corrected chi connectivity index (χ4v) is 2.67. The number of carbonyl (C=O) groups is 1. The predicted octanol–water partition coefficient (Wildman–Crippen LogP) is 2.37. The number of aliphatic imine (C=N–C) groups is 1. The summed E-state index contributed by atoms with van der Waals surface area (Å²) in [6.45, 7) is 2.25. The van der Waals surface area contributed by atoms with Gasteiger partial charge in [0.15, 0.2) is 11.7 Å². The number of nitrogens with zero attached hydrogens (tertiary/aromatic N) is 2. The molecule has 3 rings (SSSR count). The molecule has 3 aromatic heterocycles. The van der Waals surface area contributed by atoms with Crippen molar-refractivity contribution in [2.24, 2.45) is 10.7 Å². The summed E-state index contributed by atoms with van der Waals surface area (Å²) >= 11 is 1.35. The molecule has 130 valence electrons. The first-order valence-electron chi connectivity index (χ1n) is 7.49. The quantitative estimate of drug-likeness (QED) is 0.459. The molecule has 4 N–H and O–H groups in total. The average molecular weight is 359 g/mol. The zero-order valence-electron chi connectivity index (χ0n) is 13.5. The van der Waals surface area contributed by atoms with E-state index < -0.39 is 0 Å². The second-order valence-corrected chi connectivity index (χ2v) is 5.96. The highest BCUT2D eigenvalue weighted by molar-refractivity contribution is 7.13. The number of nitrogens with one attached hydrogen (secondary N) is 2. The lowest BCUT2D eigenvalue weighted by Gasteiger charge is -2.01. The van der Waals surface area contributed by atoms with Gasteiger partial charge in [-0.25, -0.2) is 4.98 Å². The standard InChI is InChI=1S/C16H17N5O3S/c1-10(22)18-8-12-4-5-14(24-12)13-9-25-16(20-13)21-15(17)19-7-11-3-2-6-23-11/h2-6,9H,7-8H2,1H3,(H,18,22)(H3,17,19,20,21). The lowest BCUT2D eigenvalue weighted by atomic mass is 10.3. The van der Waals surface area contributed by atoms with Crippen LogP contribution in [0.1, 0.15) is 18.4 Å². The summed E-state index contributed by atoms with van der Waals surface area (Å²) in [5.41, 5.74) is 6.51. The molecule has 3 heterocycles. The first-order chi connectivity index (χ1) is 12.1. The van der Waals surface area contributed by atoms with Gasteiger partial charge in [-0.2, -0.15) is 4.99 Å². The van der Waals surface area contributed by atoms with Crippen molar-refractivity contribution in [1.29, 1.82) is 0 Å². The Balaban J connectivity index is 1.61. The smallest absolute Gasteiger partial charge is 0.217 e. The number of hydrogen-bond donors (Lipinski definition) is 3. The molecule has 0 fully saturated rings. The maximum Gasteiger partial charge on any atom is 0.217 e. The highest BCUT2D eigenvalue weighted by atomic mass is 32.1. The minimum Gasteiger partial charge on any atom is -0.467 e. The Morgan fingerprint density at radius 2 is 2.12 bits per heavy atom. The van der Waals surface area contributed by atoms with Gasteiger partial charge in [0.25, 0.3) is 0 Å². The second kappa shape index (κ2) is 7.67. The van der Waals surface area contributed by atoms with Crippen molar-refractivity contribution >= 4 is 28.3 Å². The van der Waals surface area contributed by atoms with Gasteiger partial charge in [-0.3, -0.25) is 4.79 Å². The van der Waals surface area contributed by atoms with Crippen molar-refractivity contribution in [3.8, 4) is 11.5 Å². The van der Waals surface area contributed by atoms with Crippen LogP contribution in [-0.2, 0) is 17.9 Å². The summed E-state index contributed by atoms with van der Waals surface area (Å²) in [5.74, 6) is 2.17. The van der Waals surface area contributed by atoms with Crippen LogP contribution in [0.3, 0.4) is 0 Å². The zero-order valence-corrected chi connectivity index (χ0v) is 14.3. The molecule has 9 heteroatoms. The molecule has 0 aliphatic heterocycles. The van der Waals surface area contributed by atoms with E-state index in [9.17, 15) is 4.79 Å². The molecule has 8 nitrogen and oxygen atoms in total. The van der Waals surface area contributed by atoms with E-state index in [1.165, 1.54) is 18.3 Å². The number of hydrogen-bond acceptors (Lipinski definition) is 6. The van der Waals surface area contributed by atoms with E-state index >= 15 is 0 Å². The van der Waals surface area contributed by atoms with E-state index in [2.05, 4.69) is 20.6 Å². The van der Waals surface area contributed by atoms with E-state index in [0.29, 0.717) is 35.4 Å². The van der Waals surface area contributed by atoms with E-state index in [4.69, 9.17) is 14.6 Å². The van der Waals surface area contributed by atoms with Crippen LogP contribution in [0.5, 0.6) is 0 Å². The van der Waals surface area contributed by atoms with Gasteiger partial charge in [-0.15, -0.1) is 11.3 Å². The number of nitrogens with two attached hydrogens (primary N) is 1. The van der Waals surface area contributed by atoms with E-state index in [0.717, 1.165) is 5.76 Å². The zero-order chi connectivity index (χ0) is 17.6. The first kappa shape index (κ1) is 16.8. The van der Waals surface area contributed by atoms with E-state index in [1.54, 1.807) is 24.5 Å². The summed E-state index contributed by atoms with van der Waals surface area (Å²) in [6, 6.07) is 7.25. The number of guanidine groups is 1. The topological polar surface area (TPSA) is 119 Å². The van der Waals surface area contributed by atoms with Crippen molar-refractivity contribution in [1.82, 2.24) is 15.6 Å². The molecule has 0 spiro atoms. The molecule has 3 aromatic rings. The van der Waals surface area contributed by atoms with Crippen LogP contribution in [-0.4, -0.2) is 16.9 Å². The molecule has 0 saturated heterocycles. The summed E-state index contributed by atoms with van der Waals surface area (Å²) in [7, 11) is 0. The molecular weight excluding hydrogens is 342 g/mol. The lowest BCUT2D eigenvalue weighted by molar-refractivity contribution is -0.119. The van der Waals surface area contributed by atoms with Crippen LogP contribution in [0.4, 0.5) is 5.13 Å². The lowest BCUT2D eigenvalue weighted by Crippen LogP contribution is -2.30. The summed E-state index contributed by atoms with van der Waals surface area (Å²) < 4.78 is 10.9. The Kier molecular flexibility index (Phi) is 5.14. The Morgan fingerprint density at radius 3 is 2.88 bits per heavy atom. The average Bonchev–Trinajstić information content (AvgIpc) is 3.32. The maximum absolute atomic E-state index is 10.9. The summed E-state index contributed by atoms with van der Waals surface area (Å²) in [5, 5.41) is 7.98. The minimum atomic E-state index is -0.110. The fraction of sp³-hybridized carbons (Fsp3) is 0.188. The Labute approximate surface area is 147 Å². The highest BCUT2D eigenvalue weighted by Crippen LogP contribution is 2.28. The van der Waals surface area contributed by atoms with Crippen LogP contribution in [0.2, 0.25) is 0 Å². The third-order valence-corrected chi connectivity index (χ3v) is 3.89. The molecule has 25 heavy (non-hydrogen) atoms. The van der Waals surface area contributed by atoms with Crippen LogP contribution in [0, 0.1) is 0 Å². The molecule has 0 aliphatic carbocycles. The third kappa shape index (κ3) is 4.70.